The van der Waals surface area contributed by atoms with Crippen LogP contribution in [0.25, 0.3) is 0 Å². The van der Waals surface area contributed by atoms with Crippen molar-refractivity contribution in [1.29, 1.82) is 0 Å². The second kappa shape index (κ2) is 19.0. The molecule has 0 aliphatic carbocycles. The topological polar surface area (TPSA) is 122 Å². The molecule has 0 aromatic carbocycles. The van der Waals surface area contributed by atoms with Gasteiger partial charge in [-0.25, -0.2) is 4.79 Å². The fourth-order valence-electron chi connectivity index (χ4n) is 2.05. The van der Waals surface area contributed by atoms with Crippen LogP contribution in [0, 0.1) is 0 Å². The van der Waals surface area contributed by atoms with E-state index in [1.165, 1.54) is 22.6 Å². The molecule has 0 atom stereocenters. The van der Waals surface area contributed by atoms with Crippen LogP contribution in [0.3, 0.4) is 0 Å². The van der Waals surface area contributed by atoms with E-state index in [0.717, 1.165) is 38.5 Å². The van der Waals surface area contributed by atoms with Crippen LogP contribution in [0.1, 0.15) is 64.2 Å². The van der Waals surface area contributed by atoms with Gasteiger partial charge >= 0.3 is 21.9 Å². The first-order valence-electron chi connectivity index (χ1n) is 9.28. The number of hydrogen-bond donors (Lipinski definition) is 0. The fourth-order valence-corrected chi connectivity index (χ4v) is 2.44. The molecule has 0 aromatic heterocycles. The molecule has 0 aliphatic heterocycles. The Hall–Kier alpha value is -0.990. The average Bonchev–Trinajstić information content (AvgIpc) is 2.65. The molecule has 0 rings (SSSR count). The van der Waals surface area contributed by atoms with Crippen LogP contribution < -0.4 is 0 Å². The second-order valence-electron chi connectivity index (χ2n) is 5.93. The number of rotatable bonds is 17. The zero-order valence-corrected chi connectivity index (χ0v) is 20.4. The molecule has 0 amide bonds. The summed E-state index contributed by atoms with van der Waals surface area (Å²) in [6.07, 6.45) is 5.48. The Kier molecular flexibility index (Phi) is 18.4. The summed E-state index contributed by atoms with van der Waals surface area (Å²) in [5.41, 5.74) is 0. The predicted molar refractivity (Wildman–Crippen MR) is 119 cm³/mol. The minimum absolute atomic E-state index is 0.0521. The Morgan fingerprint density at radius 2 is 0.931 bits per heavy atom. The largest absolute Gasteiger partial charge is 0.466 e. The third-order valence-electron chi connectivity index (χ3n) is 3.52. The van der Waals surface area contributed by atoms with Gasteiger partial charge in [0.1, 0.15) is 0 Å². The number of esters is 3. The van der Waals surface area contributed by atoms with E-state index in [4.69, 9.17) is 9.47 Å². The molecule has 0 aromatic rings. The van der Waals surface area contributed by atoms with Crippen LogP contribution in [0.5, 0.6) is 0 Å². The summed E-state index contributed by atoms with van der Waals surface area (Å²) in [4.78, 5) is 55.3. The number of unbranched alkanes of at least 4 members (excludes halogenated alkanes) is 5. The van der Waals surface area contributed by atoms with E-state index in [2.05, 4.69) is 9.47 Å². The molecule has 0 bridgehead atoms. The second-order valence-corrected chi connectivity index (χ2v) is 8.02. The zero-order valence-electron chi connectivity index (χ0n) is 16.1. The van der Waals surface area contributed by atoms with Gasteiger partial charge in [-0.15, -0.1) is 0 Å². The van der Waals surface area contributed by atoms with Crippen molar-refractivity contribution in [1.82, 2.24) is 0 Å². The summed E-state index contributed by atoms with van der Waals surface area (Å²) in [5, 5.41) is 0. The Morgan fingerprint density at radius 1 is 0.517 bits per heavy atom. The van der Waals surface area contributed by atoms with Gasteiger partial charge in [0.05, 0.1) is 55.1 Å². The van der Waals surface area contributed by atoms with Crippen molar-refractivity contribution in [3.8, 4) is 0 Å². The molecule has 0 spiro atoms. The predicted octanol–water partition coefficient (Wildman–Crippen LogP) is 4.01. The van der Waals surface area contributed by atoms with Gasteiger partial charge in [-0.3, -0.25) is 19.2 Å². The van der Waals surface area contributed by atoms with E-state index in [9.17, 15) is 24.0 Å². The van der Waals surface area contributed by atoms with Crippen molar-refractivity contribution >= 4 is 70.9 Å². The van der Waals surface area contributed by atoms with Crippen LogP contribution in [0.2, 0.25) is 0 Å². The van der Waals surface area contributed by atoms with Gasteiger partial charge in [-0.05, 0) is 35.4 Å². The van der Waals surface area contributed by atoms with E-state index in [1.807, 2.05) is 0 Å². The van der Waals surface area contributed by atoms with E-state index in [0.29, 0.717) is 13.2 Å². The minimum atomic E-state index is -0.635. The lowest BCUT2D eigenvalue weighted by Crippen LogP contribution is -2.12. The van der Waals surface area contributed by atoms with Gasteiger partial charge in [0.25, 0.3) is 0 Å². The van der Waals surface area contributed by atoms with Crippen LogP contribution in [-0.2, 0) is 38.1 Å². The molecule has 0 heterocycles. The highest BCUT2D eigenvalue weighted by Gasteiger charge is 2.10. The summed E-state index contributed by atoms with van der Waals surface area (Å²) in [6.45, 7) is 0.208. The summed E-state index contributed by atoms with van der Waals surface area (Å²) in [7, 11) is 0. The van der Waals surface area contributed by atoms with Gasteiger partial charge in [0, 0.05) is 6.42 Å². The Morgan fingerprint density at radius 3 is 1.38 bits per heavy atom. The van der Waals surface area contributed by atoms with Crippen molar-refractivity contribution in [3.05, 3.63) is 0 Å². The van der Waals surface area contributed by atoms with Gasteiger partial charge in [0.2, 0.25) is 6.79 Å². The maximum Gasteiger partial charge on any atom is 0.369 e. The molecule has 0 aliphatic rings. The smallest absolute Gasteiger partial charge is 0.369 e. The molecule has 0 saturated heterocycles. The maximum absolute atomic E-state index is 11.5. The molecule has 9 nitrogen and oxygen atoms in total. The van der Waals surface area contributed by atoms with Gasteiger partial charge in [0.15, 0.2) is 3.79 Å². The monoisotopic (exact) mass is 640 g/mol. The molecular formula is C18H26I2O9. The number of halogens is 2. The van der Waals surface area contributed by atoms with Gasteiger partial charge in [-0.1, -0.05) is 25.7 Å². The molecule has 0 N–H and O–H groups in total. The molecule has 11 heteroatoms. The van der Waals surface area contributed by atoms with Crippen LogP contribution in [-0.4, -0.2) is 45.7 Å². The lowest BCUT2D eigenvalue weighted by molar-refractivity contribution is -0.155. The van der Waals surface area contributed by atoms with Crippen LogP contribution in [0.4, 0.5) is 4.79 Å². The molecule has 0 unspecified atom stereocenters. The molecular weight excluding hydrogens is 614 g/mol. The van der Waals surface area contributed by atoms with Crippen molar-refractivity contribution in [2.45, 2.75) is 64.2 Å². The summed E-state index contributed by atoms with van der Waals surface area (Å²) >= 11 is 3.06. The van der Waals surface area contributed by atoms with Crippen LogP contribution >= 0.6 is 45.2 Å². The minimum Gasteiger partial charge on any atom is -0.466 e. The van der Waals surface area contributed by atoms with Gasteiger partial charge < -0.3 is 18.9 Å². The summed E-state index contributed by atoms with van der Waals surface area (Å²) in [5.74, 6) is -1.45. The van der Waals surface area contributed by atoms with Crippen molar-refractivity contribution in [3.63, 3.8) is 0 Å². The molecule has 0 radical (unpaired) electrons. The molecule has 29 heavy (non-hydrogen) atoms. The highest BCUT2D eigenvalue weighted by Crippen LogP contribution is 2.07. The number of carbonyl (C=O) groups excluding carboxylic acids is 5. The third-order valence-corrected chi connectivity index (χ3v) is 4.37. The highest BCUT2D eigenvalue weighted by molar-refractivity contribution is 14.1. The normalized spacial score (nSPS) is 10.1. The average molecular weight is 640 g/mol. The summed E-state index contributed by atoms with van der Waals surface area (Å²) in [6, 6.07) is 0. The SMILES string of the molecule is O=C(I)CCC(=O)OCCCCCCCCOC(=O)CCC(=O)OCOC(=O)I. The lowest BCUT2D eigenvalue weighted by Gasteiger charge is -2.06. The lowest BCUT2D eigenvalue weighted by atomic mass is 10.1. The van der Waals surface area contributed by atoms with Crippen molar-refractivity contribution in [2.24, 2.45) is 0 Å². The van der Waals surface area contributed by atoms with E-state index in [-0.39, 0.29) is 35.4 Å². The van der Waals surface area contributed by atoms with Gasteiger partial charge in [-0.2, -0.15) is 0 Å². The quantitative estimate of drug-likeness (QED) is 0.0580. The first-order valence-corrected chi connectivity index (χ1v) is 11.4. The Bertz CT molecular complexity index is 537. The zero-order chi connectivity index (χ0) is 21.9. The van der Waals surface area contributed by atoms with Crippen LogP contribution in [0.15, 0.2) is 0 Å². The number of carbonyl (C=O) groups is 5. The fraction of sp³-hybridized carbons (Fsp3) is 0.722. The van der Waals surface area contributed by atoms with E-state index < -0.39 is 22.7 Å². The Labute approximate surface area is 197 Å². The summed E-state index contributed by atoms with van der Waals surface area (Å²) < 4.78 is 18.5. The van der Waals surface area contributed by atoms with E-state index in [1.54, 1.807) is 22.6 Å². The first kappa shape index (κ1) is 28.0. The van der Waals surface area contributed by atoms with Crippen molar-refractivity contribution < 1.29 is 42.9 Å². The molecule has 0 fully saturated rings. The number of ether oxygens (including phenoxy) is 4. The molecule has 166 valence electrons. The first-order chi connectivity index (χ1) is 13.8. The Balaban J connectivity index is 3.40. The number of hydrogen-bond acceptors (Lipinski definition) is 9. The molecule has 0 saturated carbocycles. The van der Waals surface area contributed by atoms with Crippen molar-refractivity contribution in [2.75, 3.05) is 20.0 Å². The highest BCUT2D eigenvalue weighted by atomic mass is 127. The standard InChI is InChI=1S/C18H26I2O9/c19-14(21)7-8-15(22)26-11-5-3-1-2-4-6-12-27-16(23)9-10-17(24)28-13-29-18(20)25/h1-13H2. The van der Waals surface area contributed by atoms with E-state index >= 15 is 0 Å². The third kappa shape index (κ3) is 21.5. The maximum atomic E-state index is 11.5.